The number of rotatable bonds is 6. The number of carbonyl (C=O) groups is 2. The number of amides is 1. The van der Waals surface area contributed by atoms with E-state index in [2.05, 4.69) is 33.2 Å². The lowest BCUT2D eigenvalue weighted by Gasteiger charge is -2.08. The molecule has 0 atom stereocenters. The van der Waals surface area contributed by atoms with Crippen LogP contribution in [0.2, 0.25) is 0 Å². The number of carbonyl (C=O) groups excluding carboxylic acids is 2. The summed E-state index contributed by atoms with van der Waals surface area (Å²) in [6.07, 6.45) is 1.86. The van der Waals surface area contributed by atoms with Crippen LogP contribution >= 0.6 is 38.6 Å². The number of thiophene rings is 2. The molecule has 0 saturated carbocycles. The first kappa shape index (κ1) is 22.4. The number of anilines is 2. The molecule has 1 amide bonds. The SMILES string of the molecule is CCCc1ccc2c(N)c(C(=O)Nc3scc(-c4ccc(Br)cc4)c3C(=O)OC)sc2n1. The number of benzene rings is 1. The van der Waals surface area contributed by atoms with Gasteiger partial charge >= 0.3 is 5.97 Å². The summed E-state index contributed by atoms with van der Waals surface area (Å²) in [6.45, 7) is 2.09. The van der Waals surface area contributed by atoms with Gasteiger partial charge in [0.05, 0.1) is 12.8 Å². The molecular weight excluding hydrogens is 510 g/mol. The number of halogens is 1. The first-order valence-corrected chi connectivity index (χ1v) is 12.4. The Morgan fingerprint density at radius 3 is 2.62 bits per heavy atom. The van der Waals surface area contributed by atoms with Crippen LogP contribution in [-0.4, -0.2) is 24.0 Å². The molecule has 4 aromatic rings. The van der Waals surface area contributed by atoms with Crippen LogP contribution in [0.5, 0.6) is 0 Å². The summed E-state index contributed by atoms with van der Waals surface area (Å²) in [5.74, 6) is -0.897. The van der Waals surface area contributed by atoms with Gasteiger partial charge in [0, 0.05) is 26.5 Å². The molecule has 0 aliphatic heterocycles. The lowest BCUT2D eigenvalue weighted by atomic mass is 10.0. The van der Waals surface area contributed by atoms with E-state index in [-0.39, 0.29) is 5.91 Å². The Balaban J connectivity index is 1.69. The van der Waals surface area contributed by atoms with Crippen LogP contribution in [0, 0.1) is 0 Å². The van der Waals surface area contributed by atoms with Gasteiger partial charge in [-0.1, -0.05) is 41.4 Å². The molecule has 164 valence electrons. The van der Waals surface area contributed by atoms with Gasteiger partial charge in [0.15, 0.2) is 0 Å². The van der Waals surface area contributed by atoms with E-state index in [1.54, 1.807) is 0 Å². The average molecular weight is 530 g/mol. The molecule has 0 spiro atoms. The second kappa shape index (κ2) is 9.40. The van der Waals surface area contributed by atoms with Crippen molar-refractivity contribution in [3.8, 4) is 11.1 Å². The highest BCUT2D eigenvalue weighted by Gasteiger charge is 2.24. The van der Waals surface area contributed by atoms with Crippen LogP contribution in [0.25, 0.3) is 21.3 Å². The average Bonchev–Trinajstić information content (AvgIpc) is 3.35. The molecular formula is C23H20BrN3O3S2. The first-order chi connectivity index (χ1) is 15.4. The first-order valence-electron chi connectivity index (χ1n) is 9.87. The number of nitrogens with two attached hydrogens (primary N) is 1. The zero-order valence-corrected chi connectivity index (χ0v) is 20.6. The Labute approximate surface area is 201 Å². The van der Waals surface area contributed by atoms with E-state index in [4.69, 9.17) is 10.5 Å². The number of nitrogen functional groups attached to an aromatic ring is 1. The fraction of sp³-hybridized carbons (Fsp3) is 0.174. The second-order valence-corrected chi connectivity index (χ2v) is 9.85. The van der Waals surface area contributed by atoms with E-state index in [1.807, 2.05) is 41.8 Å². The molecule has 3 aromatic heterocycles. The minimum atomic E-state index is -0.519. The van der Waals surface area contributed by atoms with Crippen LogP contribution in [0.4, 0.5) is 10.7 Å². The van der Waals surface area contributed by atoms with Crippen LogP contribution in [0.3, 0.4) is 0 Å². The third-order valence-corrected chi connectivity index (χ3v) is 7.46. The number of nitrogens with zero attached hydrogens (tertiary/aromatic N) is 1. The monoisotopic (exact) mass is 529 g/mol. The van der Waals surface area contributed by atoms with Crippen molar-refractivity contribution in [3.63, 3.8) is 0 Å². The maximum absolute atomic E-state index is 13.1. The fourth-order valence-electron chi connectivity index (χ4n) is 3.36. The molecule has 1 aromatic carbocycles. The molecule has 0 radical (unpaired) electrons. The van der Waals surface area contributed by atoms with E-state index < -0.39 is 5.97 Å². The molecule has 3 heterocycles. The summed E-state index contributed by atoms with van der Waals surface area (Å²) in [4.78, 5) is 31.4. The number of nitrogens with one attached hydrogen (secondary N) is 1. The number of hydrogen-bond donors (Lipinski definition) is 2. The van der Waals surface area contributed by atoms with Crippen LogP contribution in [-0.2, 0) is 11.2 Å². The van der Waals surface area contributed by atoms with Crippen molar-refractivity contribution in [2.24, 2.45) is 0 Å². The van der Waals surface area contributed by atoms with Crippen molar-refractivity contribution < 1.29 is 14.3 Å². The molecule has 0 fully saturated rings. The van der Waals surface area contributed by atoms with Gasteiger partial charge in [-0.15, -0.1) is 22.7 Å². The summed E-state index contributed by atoms with van der Waals surface area (Å²) in [5.41, 5.74) is 9.49. The quantitative estimate of drug-likeness (QED) is 0.283. The summed E-state index contributed by atoms with van der Waals surface area (Å²) in [6, 6.07) is 11.4. The van der Waals surface area contributed by atoms with Crippen LogP contribution < -0.4 is 11.1 Å². The van der Waals surface area contributed by atoms with Crippen molar-refractivity contribution in [2.75, 3.05) is 18.2 Å². The number of ether oxygens (including phenoxy) is 1. The summed E-state index contributed by atoms with van der Waals surface area (Å²) < 4.78 is 5.92. The smallest absolute Gasteiger partial charge is 0.341 e. The number of aryl methyl sites for hydroxylation is 1. The normalized spacial score (nSPS) is 11.0. The number of esters is 1. The lowest BCUT2D eigenvalue weighted by Crippen LogP contribution is -2.14. The predicted molar refractivity (Wildman–Crippen MR) is 135 cm³/mol. The Morgan fingerprint density at radius 1 is 1.19 bits per heavy atom. The summed E-state index contributed by atoms with van der Waals surface area (Å²) in [5, 5.41) is 5.86. The molecule has 0 unspecified atom stereocenters. The van der Waals surface area contributed by atoms with E-state index >= 15 is 0 Å². The van der Waals surface area contributed by atoms with Gasteiger partial charge in [-0.25, -0.2) is 9.78 Å². The van der Waals surface area contributed by atoms with Gasteiger partial charge in [-0.05, 0) is 36.2 Å². The van der Waals surface area contributed by atoms with Crippen molar-refractivity contribution in [2.45, 2.75) is 19.8 Å². The Morgan fingerprint density at radius 2 is 1.94 bits per heavy atom. The van der Waals surface area contributed by atoms with Crippen molar-refractivity contribution in [1.29, 1.82) is 0 Å². The molecule has 3 N–H and O–H groups in total. The molecule has 4 rings (SSSR count). The zero-order valence-electron chi connectivity index (χ0n) is 17.4. The Hall–Kier alpha value is -2.75. The summed E-state index contributed by atoms with van der Waals surface area (Å²) in [7, 11) is 1.32. The van der Waals surface area contributed by atoms with Crippen molar-refractivity contribution in [1.82, 2.24) is 4.98 Å². The minimum absolute atomic E-state index is 0.316. The third kappa shape index (κ3) is 4.28. The highest BCUT2D eigenvalue weighted by Crippen LogP contribution is 2.38. The minimum Gasteiger partial charge on any atom is -0.465 e. The molecule has 6 nitrogen and oxygen atoms in total. The molecule has 9 heteroatoms. The van der Waals surface area contributed by atoms with Crippen molar-refractivity contribution >= 4 is 71.4 Å². The molecule has 0 saturated heterocycles. The van der Waals surface area contributed by atoms with Crippen LogP contribution in [0.15, 0.2) is 46.3 Å². The predicted octanol–water partition coefficient (Wildman–Crippen LogP) is 6.36. The maximum Gasteiger partial charge on any atom is 0.341 e. The van der Waals surface area contributed by atoms with E-state index in [1.165, 1.54) is 29.8 Å². The van der Waals surface area contributed by atoms with E-state index in [0.29, 0.717) is 26.7 Å². The molecule has 0 bridgehead atoms. The maximum atomic E-state index is 13.1. The number of methoxy groups -OCH3 is 1. The standard InChI is InChI=1S/C23H20BrN3O3S2/c1-3-4-14-9-10-15-18(25)19(32-21(15)26-14)20(28)27-22-17(23(29)30-2)16(11-31-22)12-5-7-13(24)8-6-12/h5-11H,3-4,25H2,1-2H3,(H,27,28). The lowest BCUT2D eigenvalue weighted by molar-refractivity contribution is 0.0603. The number of pyridine rings is 1. The van der Waals surface area contributed by atoms with E-state index in [0.717, 1.165) is 38.8 Å². The number of fused-ring (bicyclic) bond motifs is 1. The number of hydrogen-bond acceptors (Lipinski definition) is 7. The third-order valence-electron chi connectivity index (χ3n) is 4.93. The zero-order chi connectivity index (χ0) is 22.8. The van der Waals surface area contributed by atoms with Gasteiger partial charge in [0.2, 0.25) is 0 Å². The number of aromatic nitrogens is 1. The van der Waals surface area contributed by atoms with E-state index in [9.17, 15) is 9.59 Å². The largest absolute Gasteiger partial charge is 0.465 e. The molecule has 32 heavy (non-hydrogen) atoms. The van der Waals surface area contributed by atoms with Crippen LogP contribution in [0.1, 0.15) is 39.1 Å². The Kier molecular flexibility index (Phi) is 6.59. The van der Waals surface area contributed by atoms with Gasteiger partial charge in [-0.2, -0.15) is 0 Å². The van der Waals surface area contributed by atoms with Gasteiger partial charge < -0.3 is 15.8 Å². The van der Waals surface area contributed by atoms with Gasteiger partial charge in [0.1, 0.15) is 20.3 Å². The molecule has 0 aliphatic rings. The summed E-state index contributed by atoms with van der Waals surface area (Å²) >= 11 is 5.93. The fourth-order valence-corrected chi connectivity index (χ4v) is 5.58. The highest BCUT2D eigenvalue weighted by atomic mass is 79.9. The van der Waals surface area contributed by atoms with Gasteiger partial charge in [0.25, 0.3) is 5.91 Å². The highest BCUT2D eigenvalue weighted by molar-refractivity contribution is 9.10. The van der Waals surface area contributed by atoms with Gasteiger partial charge in [-0.3, -0.25) is 4.79 Å². The Bertz CT molecular complexity index is 1310. The second-order valence-electron chi connectivity index (χ2n) is 7.06. The molecule has 0 aliphatic carbocycles. The van der Waals surface area contributed by atoms with Crippen molar-refractivity contribution in [3.05, 3.63) is 62.4 Å². The topological polar surface area (TPSA) is 94.3 Å².